The summed E-state index contributed by atoms with van der Waals surface area (Å²) in [5.41, 5.74) is 12.8. The van der Waals surface area contributed by atoms with Gasteiger partial charge >= 0.3 is 6.09 Å². The summed E-state index contributed by atoms with van der Waals surface area (Å²) in [6, 6.07) is 21.5. The molecule has 270 valence electrons. The smallest absolute Gasteiger partial charge is 0.408 e. The van der Waals surface area contributed by atoms with E-state index >= 15 is 0 Å². The molecule has 0 spiro atoms. The van der Waals surface area contributed by atoms with Crippen LogP contribution in [-0.4, -0.2) is 95.0 Å². The number of nitrogens with two attached hydrogens (primary N) is 2. The van der Waals surface area contributed by atoms with E-state index in [1.54, 1.807) is 42.5 Å². The van der Waals surface area contributed by atoms with Gasteiger partial charge in [-0.3, -0.25) is 14.7 Å². The predicted molar refractivity (Wildman–Crippen MR) is 191 cm³/mol. The van der Waals surface area contributed by atoms with E-state index in [1.807, 2.05) is 32.0 Å². The van der Waals surface area contributed by atoms with Crippen LogP contribution in [0.4, 0.5) is 4.79 Å². The normalized spacial score (nSPS) is 13.5. The average molecular weight is 710 g/mol. The molecule has 3 aromatic carbocycles. The lowest BCUT2D eigenvalue weighted by molar-refractivity contribution is -0.128. The van der Waals surface area contributed by atoms with Crippen LogP contribution >= 0.6 is 0 Å². The Morgan fingerprint density at radius 1 is 0.920 bits per heavy atom. The number of hydrogen-bond donors (Lipinski definition) is 6. The van der Waals surface area contributed by atoms with Crippen LogP contribution in [0, 0.1) is 5.92 Å². The zero-order chi connectivity index (χ0) is 36.7. The molecule has 3 aromatic rings. The highest BCUT2D eigenvalue weighted by atomic mass is 32.2. The Labute approximate surface area is 293 Å². The number of benzene rings is 3. The Morgan fingerprint density at radius 2 is 1.52 bits per heavy atom. The fourth-order valence-electron chi connectivity index (χ4n) is 5.40. The first kappa shape index (κ1) is 39.4. The number of nitrogens with zero attached hydrogens (tertiary/aromatic N) is 4. The molecule has 0 saturated heterocycles. The van der Waals surface area contributed by atoms with Gasteiger partial charge < -0.3 is 32.2 Å². The summed E-state index contributed by atoms with van der Waals surface area (Å²) in [7, 11) is -4.12. The van der Waals surface area contributed by atoms with Gasteiger partial charge in [0.15, 0.2) is 5.96 Å². The maximum Gasteiger partial charge on any atom is 0.408 e. The summed E-state index contributed by atoms with van der Waals surface area (Å²) >= 11 is 0. The molecule has 15 heteroatoms. The number of carbonyl (C=O) groups is 2. The van der Waals surface area contributed by atoms with Crippen molar-refractivity contribution in [3.8, 4) is 0 Å². The number of guanidine groups is 1. The Bertz CT molecular complexity index is 1670. The standard InChI is InChI=1S/C35H47N7O7S/c1-25(2)22-41(50(48,49)29-17-15-27(16-18-29)21-39-47)24-32(43)30(20-26-10-5-3-6-11-26)40-33(44)31(14-9-19-38-34(36)37)42(35(45)46)23-28-12-7-4-8-13-28/h3-8,10-13,15-18,21,25,30-32,43,47H,9,14,19-20,22-24H2,1-2H3,(H,40,44)(H,45,46)(H4,36,37,38)/b39-21+/t30-,31-,32+/m0/s1. The summed E-state index contributed by atoms with van der Waals surface area (Å²) in [5, 5.41) is 36.6. The highest BCUT2D eigenvalue weighted by Crippen LogP contribution is 2.21. The van der Waals surface area contributed by atoms with Crippen LogP contribution in [0.15, 0.2) is 100.0 Å². The molecule has 3 rings (SSSR count). The van der Waals surface area contributed by atoms with Crippen molar-refractivity contribution in [1.29, 1.82) is 0 Å². The van der Waals surface area contributed by atoms with E-state index in [0.717, 1.165) is 10.5 Å². The summed E-state index contributed by atoms with van der Waals surface area (Å²) in [6.07, 6.45) is -1.07. The topological polar surface area (TPSA) is 224 Å². The first-order chi connectivity index (χ1) is 23.8. The molecule has 3 atom stereocenters. The van der Waals surface area contributed by atoms with Gasteiger partial charge in [-0.25, -0.2) is 13.2 Å². The number of carboxylic acid groups (broad SMARTS) is 1. The second-order valence-electron chi connectivity index (χ2n) is 12.3. The van der Waals surface area contributed by atoms with Crippen molar-refractivity contribution in [2.75, 3.05) is 19.6 Å². The van der Waals surface area contributed by atoms with Crippen LogP contribution in [0.5, 0.6) is 0 Å². The average Bonchev–Trinajstić information content (AvgIpc) is 3.07. The molecule has 0 bridgehead atoms. The van der Waals surface area contributed by atoms with Crippen molar-refractivity contribution >= 4 is 34.2 Å². The SMILES string of the molecule is CC(C)CN(C[C@@H](O)[C@H](Cc1ccccc1)NC(=O)[C@H](CCCN=C(N)N)N(Cc1ccccc1)C(=O)O)S(=O)(=O)c1ccc(/C=N/O)cc1. The van der Waals surface area contributed by atoms with E-state index in [4.69, 9.17) is 16.7 Å². The second-order valence-corrected chi connectivity index (χ2v) is 14.2. The van der Waals surface area contributed by atoms with Gasteiger partial charge in [0.2, 0.25) is 15.9 Å². The molecule has 0 aliphatic carbocycles. The van der Waals surface area contributed by atoms with Crippen molar-refractivity contribution in [3.05, 3.63) is 102 Å². The molecule has 0 heterocycles. The number of hydrogen-bond acceptors (Lipinski definition) is 8. The van der Waals surface area contributed by atoms with Gasteiger partial charge in [0.25, 0.3) is 0 Å². The van der Waals surface area contributed by atoms with Crippen LogP contribution in [0.1, 0.15) is 43.4 Å². The number of aliphatic hydroxyl groups is 1. The number of amides is 2. The fraction of sp³-hybridized carbons (Fsp3) is 0.371. The van der Waals surface area contributed by atoms with Crippen LogP contribution in [0.3, 0.4) is 0 Å². The van der Waals surface area contributed by atoms with Crippen molar-refractivity contribution in [1.82, 2.24) is 14.5 Å². The van der Waals surface area contributed by atoms with E-state index in [1.165, 1.54) is 34.8 Å². The van der Waals surface area contributed by atoms with Crippen molar-refractivity contribution in [2.24, 2.45) is 27.5 Å². The number of nitrogens with one attached hydrogen (secondary N) is 1. The molecule has 0 radical (unpaired) electrons. The molecule has 0 aromatic heterocycles. The van der Waals surface area contributed by atoms with Gasteiger partial charge in [-0.05, 0) is 54.0 Å². The lowest BCUT2D eigenvalue weighted by Crippen LogP contribution is -2.56. The molecule has 0 aliphatic rings. The molecule has 2 amide bonds. The Kier molecular flexibility index (Phi) is 15.2. The quantitative estimate of drug-likeness (QED) is 0.0353. The van der Waals surface area contributed by atoms with Gasteiger partial charge in [-0.1, -0.05) is 91.8 Å². The highest BCUT2D eigenvalue weighted by molar-refractivity contribution is 7.89. The highest BCUT2D eigenvalue weighted by Gasteiger charge is 2.35. The van der Waals surface area contributed by atoms with Crippen molar-refractivity contribution in [3.63, 3.8) is 0 Å². The fourth-order valence-corrected chi connectivity index (χ4v) is 7.02. The van der Waals surface area contributed by atoms with Crippen LogP contribution in [0.2, 0.25) is 0 Å². The van der Waals surface area contributed by atoms with E-state index in [9.17, 15) is 28.2 Å². The number of carbonyl (C=O) groups excluding carboxylic acids is 1. The molecular weight excluding hydrogens is 662 g/mol. The Balaban J connectivity index is 1.96. The van der Waals surface area contributed by atoms with Crippen LogP contribution in [0.25, 0.3) is 0 Å². The third-order valence-electron chi connectivity index (χ3n) is 7.83. The third kappa shape index (κ3) is 12.2. The number of aliphatic imine (C=N–C) groups is 1. The minimum absolute atomic E-state index is 0.0251. The van der Waals surface area contributed by atoms with Crippen LogP contribution < -0.4 is 16.8 Å². The summed E-state index contributed by atoms with van der Waals surface area (Å²) in [6.45, 7) is 3.49. The molecule has 50 heavy (non-hydrogen) atoms. The third-order valence-corrected chi connectivity index (χ3v) is 9.67. The first-order valence-corrected chi connectivity index (χ1v) is 17.6. The summed E-state index contributed by atoms with van der Waals surface area (Å²) in [5.74, 6) is -0.906. The maximum atomic E-state index is 14.1. The number of aliphatic hydroxyl groups excluding tert-OH is 1. The van der Waals surface area contributed by atoms with Gasteiger partial charge in [0.1, 0.15) is 6.04 Å². The molecule has 0 fully saturated rings. The lowest BCUT2D eigenvalue weighted by Gasteiger charge is -2.33. The summed E-state index contributed by atoms with van der Waals surface area (Å²) in [4.78, 5) is 31.7. The second kappa shape index (κ2) is 19.3. The van der Waals surface area contributed by atoms with Gasteiger partial charge in [0.05, 0.1) is 23.3 Å². The van der Waals surface area contributed by atoms with Crippen LogP contribution in [-0.2, 0) is 27.8 Å². The van der Waals surface area contributed by atoms with E-state index in [0.29, 0.717) is 11.1 Å². The molecule has 0 unspecified atom stereocenters. The minimum atomic E-state index is -4.12. The Hall–Kier alpha value is -4.99. The molecular formula is C35H47N7O7S. The van der Waals surface area contributed by atoms with Crippen molar-refractivity contribution in [2.45, 2.75) is 62.7 Å². The zero-order valence-electron chi connectivity index (χ0n) is 28.2. The lowest BCUT2D eigenvalue weighted by atomic mass is 9.99. The van der Waals surface area contributed by atoms with Crippen molar-refractivity contribution < 1.29 is 33.4 Å². The predicted octanol–water partition coefficient (Wildman–Crippen LogP) is 2.83. The van der Waals surface area contributed by atoms with Gasteiger partial charge in [-0.2, -0.15) is 4.31 Å². The maximum absolute atomic E-state index is 14.1. The Morgan fingerprint density at radius 3 is 2.06 bits per heavy atom. The van der Waals surface area contributed by atoms with Gasteiger partial charge in [-0.15, -0.1) is 0 Å². The number of rotatable bonds is 19. The van der Waals surface area contributed by atoms with E-state index in [-0.39, 0.29) is 62.2 Å². The first-order valence-electron chi connectivity index (χ1n) is 16.2. The molecule has 0 aliphatic heterocycles. The largest absolute Gasteiger partial charge is 0.465 e. The summed E-state index contributed by atoms with van der Waals surface area (Å²) < 4.78 is 28.9. The zero-order valence-corrected chi connectivity index (χ0v) is 29.1. The van der Waals surface area contributed by atoms with E-state index < -0.39 is 40.2 Å². The van der Waals surface area contributed by atoms with Gasteiger partial charge in [0, 0.05) is 26.2 Å². The molecule has 0 saturated carbocycles. The number of oxime groups is 1. The van der Waals surface area contributed by atoms with E-state index in [2.05, 4.69) is 15.5 Å². The monoisotopic (exact) mass is 709 g/mol. The molecule has 14 nitrogen and oxygen atoms in total. The minimum Gasteiger partial charge on any atom is -0.465 e. The number of sulfonamides is 1. The molecule has 8 N–H and O–H groups in total.